The molecule has 0 unspecified atom stereocenters. The fourth-order valence-corrected chi connectivity index (χ4v) is 1.40. The summed E-state index contributed by atoms with van der Waals surface area (Å²) in [6.45, 7) is 3.61. The lowest BCUT2D eigenvalue weighted by molar-refractivity contribution is -0.127. The summed E-state index contributed by atoms with van der Waals surface area (Å²) in [5.41, 5.74) is 0. The number of amides is 1. The van der Waals surface area contributed by atoms with Crippen LogP contribution in [0.2, 0.25) is 0 Å². The lowest BCUT2D eigenvalue weighted by Crippen LogP contribution is -2.35. The average molecular weight is 157 g/mol. The van der Waals surface area contributed by atoms with Gasteiger partial charge in [0.15, 0.2) is 0 Å². The molecule has 0 bridgehead atoms. The van der Waals surface area contributed by atoms with E-state index >= 15 is 0 Å². The van der Waals surface area contributed by atoms with Gasteiger partial charge in [-0.05, 0) is 18.9 Å². The molecule has 0 aromatic heterocycles. The molecule has 62 valence electrons. The molecule has 0 saturated carbocycles. The normalized spacial score (nSPS) is 23.7. The fourth-order valence-electron chi connectivity index (χ4n) is 1.40. The molecule has 1 saturated heterocycles. The highest BCUT2D eigenvalue weighted by molar-refractivity contribution is 5.87. The van der Waals surface area contributed by atoms with Crippen LogP contribution in [0.4, 0.5) is 4.39 Å². The summed E-state index contributed by atoms with van der Waals surface area (Å²) < 4.78 is 12.2. The first kappa shape index (κ1) is 8.24. The summed E-state index contributed by atoms with van der Waals surface area (Å²) in [4.78, 5) is 12.6. The van der Waals surface area contributed by atoms with Crippen molar-refractivity contribution < 1.29 is 9.18 Å². The van der Waals surface area contributed by atoms with Crippen molar-refractivity contribution in [2.24, 2.45) is 0 Å². The Hall–Kier alpha value is -0.860. The van der Waals surface area contributed by atoms with Crippen LogP contribution in [0.15, 0.2) is 12.7 Å². The van der Waals surface area contributed by atoms with Crippen molar-refractivity contribution in [3.8, 4) is 0 Å². The van der Waals surface area contributed by atoms with E-state index in [0.717, 1.165) is 12.8 Å². The Balaban J connectivity index is 2.55. The van der Waals surface area contributed by atoms with Gasteiger partial charge in [-0.1, -0.05) is 6.58 Å². The summed E-state index contributed by atoms with van der Waals surface area (Å²) in [6, 6.07) is -0.194. The molecule has 1 heterocycles. The van der Waals surface area contributed by atoms with Crippen molar-refractivity contribution >= 4 is 5.91 Å². The van der Waals surface area contributed by atoms with Gasteiger partial charge in [0.25, 0.3) is 0 Å². The third-order valence-corrected chi connectivity index (χ3v) is 2.01. The summed E-state index contributed by atoms with van der Waals surface area (Å²) in [7, 11) is 0. The minimum absolute atomic E-state index is 0.148. The maximum absolute atomic E-state index is 12.2. The van der Waals surface area contributed by atoms with E-state index in [2.05, 4.69) is 6.58 Å². The van der Waals surface area contributed by atoms with E-state index in [1.54, 1.807) is 4.90 Å². The number of alkyl halides is 1. The van der Waals surface area contributed by atoms with Crippen molar-refractivity contribution in [2.45, 2.75) is 18.9 Å². The maximum Gasteiger partial charge on any atom is 0.246 e. The minimum Gasteiger partial charge on any atom is -0.334 e. The molecule has 1 aliphatic rings. The van der Waals surface area contributed by atoms with Crippen LogP contribution in [0.5, 0.6) is 0 Å². The summed E-state index contributed by atoms with van der Waals surface area (Å²) in [5, 5.41) is 0. The van der Waals surface area contributed by atoms with Gasteiger partial charge in [-0.15, -0.1) is 0 Å². The molecule has 11 heavy (non-hydrogen) atoms. The Bertz CT molecular complexity index is 169. The van der Waals surface area contributed by atoms with Crippen LogP contribution in [0.1, 0.15) is 12.8 Å². The van der Waals surface area contributed by atoms with Crippen molar-refractivity contribution in [1.29, 1.82) is 0 Å². The van der Waals surface area contributed by atoms with Crippen molar-refractivity contribution in [1.82, 2.24) is 4.90 Å². The summed E-state index contributed by atoms with van der Waals surface area (Å²) >= 11 is 0. The molecular formula is C8H12FNO. The molecule has 1 amide bonds. The first-order valence-corrected chi connectivity index (χ1v) is 3.78. The molecule has 1 aliphatic heterocycles. The van der Waals surface area contributed by atoms with Gasteiger partial charge in [0.1, 0.15) is 6.67 Å². The molecule has 1 atom stereocenters. The molecule has 0 N–H and O–H groups in total. The maximum atomic E-state index is 12.2. The third-order valence-electron chi connectivity index (χ3n) is 2.01. The van der Waals surface area contributed by atoms with E-state index in [4.69, 9.17) is 0 Å². The van der Waals surface area contributed by atoms with Gasteiger partial charge in [0.2, 0.25) is 5.91 Å². The van der Waals surface area contributed by atoms with Gasteiger partial charge in [-0.2, -0.15) is 0 Å². The molecule has 1 rings (SSSR count). The second kappa shape index (κ2) is 3.51. The SMILES string of the molecule is C=CC(=O)N1CCC[C@@H]1CF. The number of hydrogen-bond acceptors (Lipinski definition) is 1. The lowest BCUT2D eigenvalue weighted by Gasteiger charge is -2.20. The summed E-state index contributed by atoms with van der Waals surface area (Å²) in [6.07, 6.45) is 2.94. The number of rotatable bonds is 2. The highest BCUT2D eigenvalue weighted by atomic mass is 19.1. The fraction of sp³-hybridized carbons (Fsp3) is 0.625. The highest BCUT2D eigenvalue weighted by Gasteiger charge is 2.26. The van der Waals surface area contributed by atoms with Crippen LogP contribution in [0.3, 0.4) is 0 Å². The largest absolute Gasteiger partial charge is 0.334 e. The van der Waals surface area contributed by atoms with Crippen LogP contribution in [0.25, 0.3) is 0 Å². The summed E-state index contributed by atoms with van der Waals surface area (Å²) in [5.74, 6) is -0.148. The Labute approximate surface area is 65.7 Å². The minimum atomic E-state index is -0.431. The molecule has 0 aliphatic carbocycles. The Kier molecular flexibility index (Phi) is 2.63. The molecule has 0 radical (unpaired) electrons. The number of carbonyl (C=O) groups is 1. The molecule has 0 spiro atoms. The number of carbonyl (C=O) groups excluding carboxylic acids is 1. The average Bonchev–Trinajstić information content (AvgIpc) is 2.50. The van der Waals surface area contributed by atoms with Crippen LogP contribution in [0, 0.1) is 0 Å². The van der Waals surface area contributed by atoms with Crippen LogP contribution in [-0.2, 0) is 4.79 Å². The molecule has 0 aromatic carbocycles. The van der Waals surface area contributed by atoms with E-state index in [0.29, 0.717) is 6.54 Å². The predicted octanol–water partition coefficient (Wildman–Crippen LogP) is 1.13. The van der Waals surface area contributed by atoms with E-state index in [1.165, 1.54) is 6.08 Å². The monoisotopic (exact) mass is 157 g/mol. The number of halogens is 1. The number of hydrogen-bond donors (Lipinski definition) is 0. The zero-order chi connectivity index (χ0) is 8.27. The first-order valence-electron chi connectivity index (χ1n) is 3.78. The van der Waals surface area contributed by atoms with Crippen LogP contribution >= 0.6 is 0 Å². The van der Waals surface area contributed by atoms with E-state index in [1.807, 2.05) is 0 Å². The number of nitrogens with zero attached hydrogens (tertiary/aromatic N) is 1. The van der Waals surface area contributed by atoms with Gasteiger partial charge in [-0.3, -0.25) is 4.79 Å². The van der Waals surface area contributed by atoms with Crippen molar-refractivity contribution in [3.05, 3.63) is 12.7 Å². The van der Waals surface area contributed by atoms with Gasteiger partial charge in [-0.25, -0.2) is 4.39 Å². The van der Waals surface area contributed by atoms with Gasteiger partial charge < -0.3 is 4.90 Å². The molecule has 0 aromatic rings. The second-order valence-corrected chi connectivity index (χ2v) is 2.69. The lowest BCUT2D eigenvalue weighted by atomic mass is 10.2. The molecule has 3 heteroatoms. The molecule has 1 fully saturated rings. The standard InChI is InChI=1S/C8H12FNO/c1-2-8(11)10-5-3-4-7(10)6-9/h2,7H,1,3-6H2/t7-/m1/s1. The first-order chi connectivity index (χ1) is 5.29. The molecule has 2 nitrogen and oxygen atoms in total. The van der Waals surface area contributed by atoms with Crippen molar-refractivity contribution in [3.63, 3.8) is 0 Å². The highest BCUT2D eigenvalue weighted by Crippen LogP contribution is 2.17. The Morgan fingerprint density at radius 2 is 2.55 bits per heavy atom. The van der Waals surface area contributed by atoms with Gasteiger partial charge >= 0.3 is 0 Å². The quantitative estimate of drug-likeness (QED) is 0.550. The van der Waals surface area contributed by atoms with E-state index in [-0.39, 0.29) is 11.9 Å². The molecular weight excluding hydrogens is 145 g/mol. The Morgan fingerprint density at radius 1 is 1.82 bits per heavy atom. The van der Waals surface area contributed by atoms with Crippen LogP contribution < -0.4 is 0 Å². The van der Waals surface area contributed by atoms with Gasteiger partial charge in [0, 0.05) is 6.54 Å². The van der Waals surface area contributed by atoms with Crippen LogP contribution in [-0.4, -0.2) is 30.1 Å². The van der Waals surface area contributed by atoms with E-state index < -0.39 is 6.67 Å². The zero-order valence-electron chi connectivity index (χ0n) is 6.42. The van der Waals surface area contributed by atoms with Crippen molar-refractivity contribution in [2.75, 3.05) is 13.2 Å². The Morgan fingerprint density at radius 3 is 3.09 bits per heavy atom. The zero-order valence-corrected chi connectivity index (χ0v) is 6.42. The third kappa shape index (κ3) is 1.59. The topological polar surface area (TPSA) is 20.3 Å². The predicted molar refractivity (Wildman–Crippen MR) is 40.9 cm³/mol. The second-order valence-electron chi connectivity index (χ2n) is 2.69. The van der Waals surface area contributed by atoms with Gasteiger partial charge in [0.05, 0.1) is 6.04 Å². The smallest absolute Gasteiger partial charge is 0.246 e. The number of likely N-dealkylation sites (tertiary alicyclic amines) is 1. The van der Waals surface area contributed by atoms with E-state index in [9.17, 15) is 9.18 Å².